The van der Waals surface area contributed by atoms with E-state index in [9.17, 15) is 10.1 Å². The maximum Gasteiger partial charge on any atom is 0.269 e. The number of benzene rings is 2. The van der Waals surface area contributed by atoms with Crippen LogP contribution in [0.1, 0.15) is 30.0 Å². The Hall–Kier alpha value is -2.99. The van der Waals surface area contributed by atoms with Crippen LogP contribution >= 0.6 is 0 Å². The van der Waals surface area contributed by atoms with Gasteiger partial charge >= 0.3 is 0 Å². The molecule has 0 spiro atoms. The van der Waals surface area contributed by atoms with E-state index in [4.69, 9.17) is 4.42 Å². The van der Waals surface area contributed by atoms with Crippen molar-refractivity contribution in [1.29, 1.82) is 0 Å². The van der Waals surface area contributed by atoms with Gasteiger partial charge in [-0.05, 0) is 31.5 Å². The molecule has 0 amide bonds. The lowest BCUT2D eigenvalue weighted by molar-refractivity contribution is -0.384. The van der Waals surface area contributed by atoms with Crippen LogP contribution in [0.3, 0.4) is 0 Å². The molecule has 1 atom stereocenters. The molecule has 0 fully saturated rings. The monoisotopic (exact) mass is 337 g/mol. The molecule has 0 aliphatic heterocycles. The number of non-ortho nitro benzene ring substituents is 1. The van der Waals surface area contributed by atoms with E-state index in [1.54, 1.807) is 12.1 Å². The molecule has 3 rings (SSSR count). The molecule has 6 heteroatoms. The minimum Gasteiger partial charge on any atom is -0.441 e. The van der Waals surface area contributed by atoms with Gasteiger partial charge in [-0.15, -0.1) is 0 Å². The van der Waals surface area contributed by atoms with E-state index >= 15 is 0 Å². The van der Waals surface area contributed by atoms with E-state index in [0.717, 1.165) is 22.6 Å². The minimum atomic E-state index is -0.385. The molecule has 3 aromatic rings. The number of rotatable bonds is 6. The van der Waals surface area contributed by atoms with E-state index in [1.165, 1.54) is 6.07 Å². The zero-order chi connectivity index (χ0) is 17.8. The lowest BCUT2D eigenvalue weighted by Gasteiger charge is -2.13. The molecule has 0 bridgehead atoms. The quantitative estimate of drug-likeness (QED) is 0.532. The predicted octanol–water partition coefficient (Wildman–Crippen LogP) is 4.41. The van der Waals surface area contributed by atoms with Crippen LogP contribution in [-0.4, -0.2) is 9.91 Å². The zero-order valence-corrected chi connectivity index (χ0v) is 14.1. The fourth-order valence-electron chi connectivity index (χ4n) is 2.57. The normalized spacial score (nSPS) is 12.1. The van der Waals surface area contributed by atoms with Crippen molar-refractivity contribution in [2.24, 2.45) is 0 Å². The SMILES string of the molecule is Cc1oc(-c2ccccc2)nc1CN[C@H](C)c1cccc([N+](=O)[O-])c1. The van der Waals surface area contributed by atoms with Gasteiger partial charge in [-0.1, -0.05) is 30.3 Å². The Bertz CT molecular complexity index is 875. The first-order valence-corrected chi connectivity index (χ1v) is 8.04. The summed E-state index contributed by atoms with van der Waals surface area (Å²) in [6, 6.07) is 16.3. The average molecular weight is 337 g/mol. The van der Waals surface area contributed by atoms with Crippen LogP contribution in [0.5, 0.6) is 0 Å². The van der Waals surface area contributed by atoms with Gasteiger partial charge < -0.3 is 9.73 Å². The van der Waals surface area contributed by atoms with Gasteiger partial charge in [0.2, 0.25) is 5.89 Å². The number of nitrogens with one attached hydrogen (secondary N) is 1. The molecule has 1 N–H and O–H groups in total. The largest absolute Gasteiger partial charge is 0.441 e. The predicted molar refractivity (Wildman–Crippen MR) is 95.0 cm³/mol. The molecule has 128 valence electrons. The third kappa shape index (κ3) is 3.92. The summed E-state index contributed by atoms with van der Waals surface area (Å²) >= 11 is 0. The van der Waals surface area contributed by atoms with Crippen LogP contribution in [0.15, 0.2) is 59.0 Å². The van der Waals surface area contributed by atoms with Crippen molar-refractivity contribution in [1.82, 2.24) is 10.3 Å². The van der Waals surface area contributed by atoms with Gasteiger partial charge in [0.25, 0.3) is 5.69 Å². The van der Waals surface area contributed by atoms with Crippen molar-refractivity contribution in [3.63, 3.8) is 0 Å². The first kappa shape index (κ1) is 16.9. The van der Waals surface area contributed by atoms with E-state index < -0.39 is 0 Å². The highest BCUT2D eigenvalue weighted by Crippen LogP contribution is 2.23. The van der Waals surface area contributed by atoms with Gasteiger partial charge in [-0.2, -0.15) is 0 Å². The molecule has 0 unspecified atom stereocenters. The Balaban J connectivity index is 1.70. The second kappa shape index (κ2) is 7.27. The van der Waals surface area contributed by atoms with E-state index in [-0.39, 0.29) is 16.7 Å². The van der Waals surface area contributed by atoms with Crippen LogP contribution in [0.25, 0.3) is 11.5 Å². The third-order valence-electron chi connectivity index (χ3n) is 4.07. The highest BCUT2D eigenvalue weighted by atomic mass is 16.6. The topological polar surface area (TPSA) is 81.2 Å². The molecule has 0 aliphatic carbocycles. The number of nitro benzene ring substituents is 1. The molecule has 6 nitrogen and oxygen atoms in total. The Kier molecular flexibility index (Phi) is 4.90. The highest BCUT2D eigenvalue weighted by Gasteiger charge is 2.14. The summed E-state index contributed by atoms with van der Waals surface area (Å²) in [5, 5.41) is 14.2. The number of nitro groups is 1. The fraction of sp³-hybridized carbons (Fsp3) is 0.211. The van der Waals surface area contributed by atoms with Gasteiger partial charge in [0.05, 0.1) is 10.6 Å². The van der Waals surface area contributed by atoms with Crippen molar-refractivity contribution >= 4 is 5.69 Å². The van der Waals surface area contributed by atoms with Crippen molar-refractivity contribution in [3.05, 3.63) is 81.7 Å². The van der Waals surface area contributed by atoms with Crippen LogP contribution < -0.4 is 5.32 Å². The van der Waals surface area contributed by atoms with E-state index in [0.29, 0.717) is 12.4 Å². The fourth-order valence-corrected chi connectivity index (χ4v) is 2.57. The Morgan fingerprint density at radius 1 is 1.20 bits per heavy atom. The molecule has 1 aromatic heterocycles. The maximum atomic E-state index is 10.9. The number of nitrogens with zero attached hydrogens (tertiary/aromatic N) is 2. The molecule has 2 aromatic carbocycles. The van der Waals surface area contributed by atoms with Crippen LogP contribution in [0, 0.1) is 17.0 Å². The number of hydrogen-bond donors (Lipinski definition) is 1. The summed E-state index contributed by atoms with van der Waals surface area (Å²) in [6.45, 7) is 4.37. The first-order valence-electron chi connectivity index (χ1n) is 8.04. The van der Waals surface area contributed by atoms with Crippen molar-refractivity contribution in [3.8, 4) is 11.5 Å². The summed E-state index contributed by atoms with van der Waals surface area (Å²) in [5.74, 6) is 1.36. The van der Waals surface area contributed by atoms with Gasteiger partial charge in [0.15, 0.2) is 0 Å². The van der Waals surface area contributed by atoms with Crippen LogP contribution in [0.4, 0.5) is 5.69 Å². The van der Waals surface area contributed by atoms with E-state index in [1.807, 2.05) is 50.2 Å². The summed E-state index contributed by atoms with van der Waals surface area (Å²) in [5.41, 5.74) is 2.72. The summed E-state index contributed by atoms with van der Waals surface area (Å²) in [7, 11) is 0. The van der Waals surface area contributed by atoms with Crippen molar-refractivity contribution in [2.75, 3.05) is 0 Å². The molecular formula is C19H19N3O3. The van der Waals surface area contributed by atoms with Gasteiger partial charge in [0, 0.05) is 30.3 Å². The molecule has 0 aliphatic rings. The van der Waals surface area contributed by atoms with Gasteiger partial charge in [-0.25, -0.2) is 4.98 Å². The summed E-state index contributed by atoms with van der Waals surface area (Å²) < 4.78 is 5.75. The van der Waals surface area contributed by atoms with Crippen molar-refractivity contribution in [2.45, 2.75) is 26.4 Å². The second-order valence-electron chi connectivity index (χ2n) is 5.84. The third-order valence-corrected chi connectivity index (χ3v) is 4.07. The van der Waals surface area contributed by atoms with E-state index in [2.05, 4.69) is 10.3 Å². The highest BCUT2D eigenvalue weighted by molar-refractivity contribution is 5.53. The molecule has 0 radical (unpaired) electrons. The van der Waals surface area contributed by atoms with Gasteiger partial charge in [-0.3, -0.25) is 10.1 Å². The first-order chi connectivity index (χ1) is 12.0. The average Bonchev–Trinajstić information content (AvgIpc) is 3.01. The molecule has 0 saturated heterocycles. The number of oxazole rings is 1. The molecule has 1 heterocycles. The van der Waals surface area contributed by atoms with Crippen molar-refractivity contribution < 1.29 is 9.34 Å². The summed E-state index contributed by atoms with van der Waals surface area (Å²) in [6.07, 6.45) is 0. The number of aromatic nitrogens is 1. The Labute approximate surface area is 145 Å². The lowest BCUT2D eigenvalue weighted by Crippen LogP contribution is -2.18. The Morgan fingerprint density at radius 3 is 2.68 bits per heavy atom. The maximum absolute atomic E-state index is 10.9. The van der Waals surface area contributed by atoms with Gasteiger partial charge in [0.1, 0.15) is 5.76 Å². The molecular weight excluding hydrogens is 318 g/mol. The number of hydrogen-bond acceptors (Lipinski definition) is 5. The molecule has 25 heavy (non-hydrogen) atoms. The Morgan fingerprint density at radius 2 is 1.96 bits per heavy atom. The smallest absolute Gasteiger partial charge is 0.269 e. The lowest BCUT2D eigenvalue weighted by atomic mass is 10.1. The second-order valence-corrected chi connectivity index (χ2v) is 5.84. The molecule has 0 saturated carbocycles. The zero-order valence-electron chi connectivity index (χ0n) is 14.1. The standard InChI is InChI=1S/C19H19N3O3/c1-13(16-9-6-10-17(11-16)22(23)24)20-12-18-14(2)25-19(21-18)15-7-4-3-5-8-15/h3-11,13,20H,12H2,1-2H3/t13-/m1/s1. The number of aryl methyl sites for hydroxylation is 1. The van der Waals surface area contributed by atoms with Crippen LogP contribution in [0.2, 0.25) is 0 Å². The minimum absolute atomic E-state index is 0.0452. The summed E-state index contributed by atoms with van der Waals surface area (Å²) in [4.78, 5) is 15.1. The van der Waals surface area contributed by atoms with Crippen LogP contribution in [-0.2, 0) is 6.54 Å².